The topological polar surface area (TPSA) is 43.3 Å². The van der Waals surface area contributed by atoms with Crippen molar-refractivity contribution in [2.24, 2.45) is 0 Å². The summed E-state index contributed by atoms with van der Waals surface area (Å²) in [5.41, 5.74) is 2.08. The second-order valence-electron chi connectivity index (χ2n) is 4.61. The highest BCUT2D eigenvalue weighted by Crippen LogP contribution is 2.43. The van der Waals surface area contributed by atoms with Crippen LogP contribution in [0.5, 0.6) is 0 Å². The molecule has 0 radical (unpaired) electrons. The van der Waals surface area contributed by atoms with Gasteiger partial charge in [-0.3, -0.25) is 0 Å². The quantitative estimate of drug-likeness (QED) is 0.724. The first kappa shape index (κ1) is 9.90. The van der Waals surface area contributed by atoms with E-state index >= 15 is 0 Å². The number of rotatable bonds is 1. The summed E-state index contributed by atoms with van der Waals surface area (Å²) in [4.78, 5) is 11.6. The molecule has 0 atom stereocenters. The van der Waals surface area contributed by atoms with Gasteiger partial charge in [-0.25, -0.2) is 4.79 Å². The van der Waals surface area contributed by atoms with Crippen LogP contribution >= 0.6 is 0 Å². The van der Waals surface area contributed by atoms with Crippen molar-refractivity contribution in [3.05, 3.63) is 23.5 Å². The molecule has 3 rings (SSSR count). The fourth-order valence-corrected chi connectivity index (χ4v) is 2.87. The second kappa shape index (κ2) is 3.35. The monoisotopic (exact) mass is 220 g/mol. The molecular formula is C12H16N2O2. The molecule has 1 aromatic rings. The van der Waals surface area contributed by atoms with E-state index in [1.165, 1.54) is 32.1 Å². The largest absolute Gasteiger partial charge is 0.464 e. The summed E-state index contributed by atoms with van der Waals surface area (Å²) >= 11 is 0. The third-order valence-corrected chi connectivity index (χ3v) is 3.87. The highest BCUT2D eigenvalue weighted by molar-refractivity contribution is 5.88. The molecule has 0 amide bonds. The van der Waals surface area contributed by atoms with Gasteiger partial charge in [-0.1, -0.05) is 0 Å². The van der Waals surface area contributed by atoms with E-state index in [1.807, 2.05) is 6.07 Å². The van der Waals surface area contributed by atoms with Crippen LogP contribution in [-0.2, 0) is 16.8 Å². The number of nitrogens with zero attached hydrogens (tertiary/aromatic N) is 1. The van der Waals surface area contributed by atoms with Gasteiger partial charge in [0.05, 0.1) is 12.6 Å². The van der Waals surface area contributed by atoms with E-state index in [0.29, 0.717) is 5.69 Å². The SMILES string of the molecule is COC(=O)c1ccc2n1CCNC21CCC1. The van der Waals surface area contributed by atoms with Gasteiger partial charge in [0.25, 0.3) is 0 Å². The van der Waals surface area contributed by atoms with E-state index in [-0.39, 0.29) is 11.5 Å². The van der Waals surface area contributed by atoms with Crippen molar-refractivity contribution in [3.8, 4) is 0 Å². The predicted octanol–water partition coefficient (Wildman–Crippen LogP) is 1.26. The molecule has 4 heteroatoms. The van der Waals surface area contributed by atoms with Crippen molar-refractivity contribution < 1.29 is 9.53 Å². The number of carbonyl (C=O) groups excluding carboxylic acids is 1. The Labute approximate surface area is 94.6 Å². The van der Waals surface area contributed by atoms with E-state index in [1.54, 1.807) is 0 Å². The summed E-state index contributed by atoms with van der Waals surface area (Å²) in [6, 6.07) is 3.95. The van der Waals surface area contributed by atoms with E-state index in [2.05, 4.69) is 16.0 Å². The average Bonchev–Trinajstić information content (AvgIpc) is 2.69. The van der Waals surface area contributed by atoms with Crippen LogP contribution in [0.25, 0.3) is 0 Å². The van der Waals surface area contributed by atoms with E-state index < -0.39 is 0 Å². The van der Waals surface area contributed by atoms with Crippen LogP contribution in [0, 0.1) is 0 Å². The maximum atomic E-state index is 11.6. The van der Waals surface area contributed by atoms with E-state index in [4.69, 9.17) is 4.74 Å². The molecule has 86 valence electrons. The maximum Gasteiger partial charge on any atom is 0.354 e. The fraction of sp³-hybridized carbons (Fsp3) is 0.583. The van der Waals surface area contributed by atoms with Gasteiger partial charge in [0.15, 0.2) is 0 Å². The van der Waals surface area contributed by atoms with Gasteiger partial charge >= 0.3 is 5.97 Å². The van der Waals surface area contributed by atoms with Crippen molar-refractivity contribution in [1.29, 1.82) is 0 Å². The number of carbonyl (C=O) groups is 1. The van der Waals surface area contributed by atoms with Gasteiger partial charge in [-0.2, -0.15) is 0 Å². The van der Waals surface area contributed by atoms with Crippen LogP contribution in [0.2, 0.25) is 0 Å². The van der Waals surface area contributed by atoms with Gasteiger partial charge in [0.1, 0.15) is 5.69 Å². The first-order valence-corrected chi connectivity index (χ1v) is 5.80. The van der Waals surface area contributed by atoms with Gasteiger partial charge in [0, 0.05) is 18.8 Å². The molecule has 1 N–H and O–H groups in total. The smallest absolute Gasteiger partial charge is 0.354 e. The lowest BCUT2D eigenvalue weighted by molar-refractivity contribution is 0.0582. The van der Waals surface area contributed by atoms with Crippen molar-refractivity contribution in [2.75, 3.05) is 13.7 Å². The summed E-state index contributed by atoms with van der Waals surface area (Å²) < 4.78 is 6.91. The highest BCUT2D eigenvalue weighted by Gasteiger charge is 2.43. The summed E-state index contributed by atoms with van der Waals surface area (Å²) in [6.45, 7) is 1.79. The first-order valence-electron chi connectivity index (χ1n) is 5.80. The molecule has 1 aliphatic carbocycles. The lowest BCUT2D eigenvalue weighted by atomic mass is 9.73. The molecule has 4 nitrogen and oxygen atoms in total. The van der Waals surface area contributed by atoms with Gasteiger partial charge in [0.2, 0.25) is 0 Å². The molecule has 1 fully saturated rings. The number of methoxy groups -OCH3 is 1. The normalized spacial score (nSPS) is 21.3. The van der Waals surface area contributed by atoms with Crippen LogP contribution < -0.4 is 5.32 Å². The zero-order valence-electron chi connectivity index (χ0n) is 9.45. The Morgan fingerprint density at radius 3 is 2.94 bits per heavy atom. The van der Waals surface area contributed by atoms with Crippen molar-refractivity contribution >= 4 is 5.97 Å². The lowest BCUT2D eigenvalue weighted by Gasteiger charge is -2.46. The molecule has 0 unspecified atom stereocenters. The van der Waals surface area contributed by atoms with Crippen LogP contribution in [0.3, 0.4) is 0 Å². The number of esters is 1. The summed E-state index contributed by atoms with van der Waals surface area (Å²) in [6.07, 6.45) is 3.63. The molecular weight excluding hydrogens is 204 g/mol. The molecule has 16 heavy (non-hydrogen) atoms. The third kappa shape index (κ3) is 1.16. The molecule has 2 aliphatic rings. The Bertz CT molecular complexity index is 432. The Kier molecular flexibility index (Phi) is 2.07. The average molecular weight is 220 g/mol. The molecule has 0 bridgehead atoms. The van der Waals surface area contributed by atoms with Crippen LogP contribution in [0.15, 0.2) is 12.1 Å². The van der Waals surface area contributed by atoms with Crippen LogP contribution in [0.1, 0.15) is 35.4 Å². The maximum absolute atomic E-state index is 11.6. The Morgan fingerprint density at radius 1 is 1.50 bits per heavy atom. The number of nitrogens with one attached hydrogen (secondary N) is 1. The van der Waals surface area contributed by atoms with E-state index in [9.17, 15) is 4.79 Å². The molecule has 1 aromatic heterocycles. The van der Waals surface area contributed by atoms with Crippen molar-refractivity contribution in [1.82, 2.24) is 9.88 Å². The Hall–Kier alpha value is -1.29. The van der Waals surface area contributed by atoms with Crippen LogP contribution in [-0.4, -0.2) is 24.2 Å². The van der Waals surface area contributed by atoms with Gasteiger partial charge in [-0.05, 0) is 31.4 Å². The third-order valence-electron chi connectivity index (χ3n) is 3.87. The van der Waals surface area contributed by atoms with Crippen LogP contribution in [0.4, 0.5) is 0 Å². The molecule has 1 saturated carbocycles. The van der Waals surface area contributed by atoms with Gasteiger partial charge < -0.3 is 14.6 Å². The van der Waals surface area contributed by atoms with Crippen molar-refractivity contribution in [2.45, 2.75) is 31.3 Å². The number of hydrogen-bond donors (Lipinski definition) is 1. The van der Waals surface area contributed by atoms with Crippen molar-refractivity contribution in [3.63, 3.8) is 0 Å². The standard InChI is InChI=1S/C12H16N2O2/c1-16-11(15)9-3-4-10-12(5-2-6-12)13-7-8-14(9)10/h3-4,13H,2,5-8H2,1H3. The number of hydrogen-bond acceptors (Lipinski definition) is 3. The minimum Gasteiger partial charge on any atom is -0.464 e. The Morgan fingerprint density at radius 2 is 2.31 bits per heavy atom. The number of fused-ring (bicyclic) bond motifs is 2. The lowest BCUT2D eigenvalue weighted by Crippen LogP contribution is -2.53. The predicted molar refractivity (Wildman–Crippen MR) is 59.3 cm³/mol. The summed E-state index contributed by atoms with van der Waals surface area (Å²) in [7, 11) is 1.43. The second-order valence-corrected chi connectivity index (χ2v) is 4.61. The first-order chi connectivity index (χ1) is 7.77. The fourth-order valence-electron chi connectivity index (χ4n) is 2.87. The van der Waals surface area contributed by atoms with E-state index in [0.717, 1.165) is 13.1 Å². The summed E-state index contributed by atoms with van der Waals surface area (Å²) in [5.74, 6) is -0.234. The summed E-state index contributed by atoms with van der Waals surface area (Å²) in [5, 5.41) is 3.59. The number of ether oxygens (including phenoxy) is 1. The molecule has 1 spiro atoms. The minimum absolute atomic E-state index is 0.143. The Balaban J connectivity index is 2.04. The molecule has 1 aliphatic heterocycles. The zero-order chi connectivity index (χ0) is 11.2. The van der Waals surface area contributed by atoms with Gasteiger partial charge in [-0.15, -0.1) is 0 Å². The minimum atomic E-state index is -0.234. The molecule has 0 saturated heterocycles. The molecule has 2 heterocycles. The molecule has 0 aromatic carbocycles. The number of aromatic nitrogens is 1. The zero-order valence-corrected chi connectivity index (χ0v) is 9.45. The highest BCUT2D eigenvalue weighted by atomic mass is 16.5.